The normalized spacial score (nSPS) is 10.9. The predicted molar refractivity (Wildman–Crippen MR) is 81.7 cm³/mol. The Morgan fingerprint density at radius 2 is 2.10 bits per heavy atom. The van der Waals surface area contributed by atoms with Gasteiger partial charge in [0.25, 0.3) is 0 Å². The Balaban J connectivity index is 2.11. The van der Waals surface area contributed by atoms with E-state index in [2.05, 4.69) is 24.1 Å². The molecule has 0 aliphatic rings. The van der Waals surface area contributed by atoms with Crippen LogP contribution in [0.2, 0.25) is 0 Å². The van der Waals surface area contributed by atoms with Gasteiger partial charge in [0.05, 0.1) is 0 Å². The molecule has 1 N–H and O–H groups in total. The van der Waals surface area contributed by atoms with E-state index in [1.807, 2.05) is 19.1 Å². The lowest BCUT2D eigenvalue weighted by molar-refractivity contribution is 0.285. The second-order valence-electron chi connectivity index (χ2n) is 5.42. The van der Waals surface area contributed by atoms with Crippen molar-refractivity contribution in [2.45, 2.75) is 40.0 Å². The third-order valence-corrected chi connectivity index (χ3v) is 3.06. The van der Waals surface area contributed by atoms with Crippen LogP contribution in [0.5, 0.6) is 5.75 Å². The number of halogens is 1. The lowest BCUT2D eigenvalue weighted by Gasteiger charge is -2.14. The van der Waals surface area contributed by atoms with E-state index in [0.717, 1.165) is 16.7 Å². The Labute approximate surface area is 125 Å². The molecule has 0 aliphatic heterocycles. The molecular formula is C17H21FN2O. The second-order valence-corrected chi connectivity index (χ2v) is 5.42. The van der Waals surface area contributed by atoms with Crippen LogP contribution in [-0.2, 0) is 13.2 Å². The van der Waals surface area contributed by atoms with Crippen LogP contribution in [0.1, 0.15) is 30.5 Å². The molecule has 2 rings (SSSR count). The summed E-state index contributed by atoms with van der Waals surface area (Å²) >= 11 is 0. The number of ether oxygens (including phenoxy) is 1. The summed E-state index contributed by atoms with van der Waals surface area (Å²) in [6.45, 7) is 6.97. The van der Waals surface area contributed by atoms with Gasteiger partial charge in [-0.25, -0.2) is 4.39 Å². The fourth-order valence-electron chi connectivity index (χ4n) is 2.02. The van der Waals surface area contributed by atoms with Gasteiger partial charge in [0.15, 0.2) is 11.6 Å². The number of para-hydroxylation sites is 1. The van der Waals surface area contributed by atoms with Gasteiger partial charge in [-0.1, -0.05) is 26.0 Å². The average Bonchev–Trinajstić information content (AvgIpc) is 2.44. The van der Waals surface area contributed by atoms with Crippen LogP contribution in [0, 0.1) is 12.7 Å². The molecule has 0 spiro atoms. The quantitative estimate of drug-likeness (QED) is 0.881. The first kappa shape index (κ1) is 15.4. The monoisotopic (exact) mass is 288 g/mol. The summed E-state index contributed by atoms with van der Waals surface area (Å²) < 4.78 is 19.7. The van der Waals surface area contributed by atoms with E-state index in [9.17, 15) is 4.39 Å². The van der Waals surface area contributed by atoms with Gasteiger partial charge in [-0.05, 0) is 24.6 Å². The standard InChI is InChI=1S/C17H21FN2O/c1-12(2)20-10-15-5-4-6-16(18)17(15)21-11-14-7-13(3)8-19-9-14/h4-9,12,20H,10-11H2,1-3H3. The third-order valence-electron chi connectivity index (χ3n) is 3.06. The van der Waals surface area contributed by atoms with Crippen LogP contribution in [0.15, 0.2) is 36.7 Å². The fourth-order valence-corrected chi connectivity index (χ4v) is 2.02. The van der Waals surface area contributed by atoms with E-state index in [0.29, 0.717) is 24.9 Å². The minimum atomic E-state index is -0.335. The molecule has 3 nitrogen and oxygen atoms in total. The Morgan fingerprint density at radius 3 is 2.81 bits per heavy atom. The Kier molecular flexibility index (Phi) is 5.28. The van der Waals surface area contributed by atoms with Crippen molar-refractivity contribution in [2.75, 3.05) is 0 Å². The zero-order valence-corrected chi connectivity index (χ0v) is 12.7. The first-order valence-corrected chi connectivity index (χ1v) is 7.10. The molecule has 0 fully saturated rings. The lowest BCUT2D eigenvalue weighted by Crippen LogP contribution is -2.22. The van der Waals surface area contributed by atoms with E-state index in [4.69, 9.17) is 4.74 Å². The molecule has 2 aromatic rings. The molecule has 0 radical (unpaired) electrons. The molecule has 4 heteroatoms. The van der Waals surface area contributed by atoms with Gasteiger partial charge >= 0.3 is 0 Å². The van der Waals surface area contributed by atoms with E-state index in [-0.39, 0.29) is 5.82 Å². The summed E-state index contributed by atoms with van der Waals surface area (Å²) in [7, 11) is 0. The Morgan fingerprint density at radius 1 is 1.29 bits per heavy atom. The first-order chi connectivity index (χ1) is 10.1. The zero-order chi connectivity index (χ0) is 15.2. The molecule has 0 saturated heterocycles. The first-order valence-electron chi connectivity index (χ1n) is 7.10. The van der Waals surface area contributed by atoms with Crippen molar-refractivity contribution in [2.24, 2.45) is 0 Å². The summed E-state index contributed by atoms with van der Waals surface area (Å²) in [5.41, 5.74) is 2.82. The number of nitrogens with one attached hydrogen (secondary N) is 1. The lowest BCUT2D eigenvalue weighted by atomic mass is 10.1. The number of hydrogen-bond donors (Lipinski definition) is 1. The van der Waals surface area contributed by atoms with Gasteiger partial charge < -0.3 is 10.1 Å². The molecular weight excluding hydrogens is 267 g/mol. The molecule has 0 amide bonds. The van der Waals surface area contributed by atoms with Crippen LogP contribution in [0.4, 0.5) is 4.39 Å². The second kappa shape index (κ2) is 7.18. The van der Waals surface area contributed by atoms with Crippen LogP contribution < -0.4 is 10.1 Å². The summed E-state index contributed by atoms with van der Waals surface area (Å²) in [5, 5.41) is 3.28. The van der Waals surface area contributed by atoms with Crippen molar-refractivity contribution >= 4 is 0 Å². The highest BCUT2D eigenvalue weighted by atomic mass is 19.1. The molecule has 0 bridgehead atoms. The van der Waals surface area contributed by atoms with Crippen LogP contribution in [-0.4, -0.2) is 11.0 Å². The number of nitrogens with zero attached hydrogens (tertiary/aromatic N) is 1. The number of benzene rings is 1. The van der Waals surface area contributed by atoms with Gasteiger partial charge in [0.2, 0.25) is 0 Å². The number of rotatable bonds is 6. The van der Waals surface area contributed by atoms with E-state index < -0.39 is 0 Å². The summed E-state index contributed by atoms with van der Waals surface area (Å²) in [6.07, 6.45) is 3.52. The van der Waals surface area contributed by atoms with Crippen molar-refractivity contribution in [3.8, 4) is 5.75 Å². The van der Waals surface area contributed by atoms with Crippen molar-refractivity contribution in [1.29, 1.82) is 0 Å². The van der Waals surface area contributed by atoms with E-state index in [1.165, 1.54) is 6.07 Å². The number of aryl methyl sites for hydroxylation is 1. The molecule has 0 atom stereocenters. The molecule has 1 aromatic heterocycles. The Hall–Kier alpha value is -1.94. The maximum atomic E-state index is 14.0. The highest BCUT2D eigenvalue weighted by molar-refractivity contribution is 5.35. The van der Waals surface area contributed by atoms with Gasteiger partial charge in [0.1, 0.15) is 6.61 Å². The van der Waals surface area contributed by atoms with Crippen LogP contribution >= 0.6 is 0 Å². The minimum absolute atomic E-state index is 0.310. The zero-order valence-electron chi connectivity index (χ0n) is 12.7. The molecule has 112 valence electrons. The smallest absolute Gasteiger partial charge is 0.165 e. The summed E-state index contributed by atoms with van der Waals surface area (Å²) in [5.74, 6) is -0.0224. The molecule has 21 heavy (non-hydrogen) atoms. The maximum absolute atomic E-state index is 14.0. The predicted octanol–water partition coefficient (Wildman–Crippen LogP) is 3.61. The highest BCUT2D eigenvalue weighted by Crippen LogP contribution is 2.24. The van der Waals surface area contributed by atoms with Crippen molar-refractivity contribution in [1.82, 2.24) is 10.3 Å². The topological polar surface area (TPSA) is 34.1 Å². The van der Waals surface area contributed by atoms with Crippen LogP contribution in [0.25, 0.3) is 0 Å². The fraction of sp³-hybridized carbons (Fsp3) is 0.353. The summed E-state index contributed by atoms with van der Waals surface area (Å²) in [6, 6.07) is 7.32. The molecule has 1 heterocycles. The minimum Gasteiger partial charge on any atom is -0.485 e. The largest absolute Gasteiger partial charge is 0.485 e. The SMILES string of the molecule is Cc1cncc(COc2c(F)cccc2CNC(C)C)c1. The van der Waals surface area contributed by atoms with Crippen molar-refractivity contribution in [3.63, 3.8) is 0 Å². The molecule has 0 unspecified atom stereocenters. The molecule has 0 aliphatic carbocycles. The maximum Gasteiger partial charge on any atom is 0.165 e. The number of hydrogen-bond acceptors (Lipinski definition) is 3. The van der Waals surface area contributed by atoms with Crippen LogP contribution in [0.3, 0.4) is 0 Å². The van der Waals surface area contributed by atoms with E-state index >= 15 is 0 Å². The van der Waals surface area contributed by atoms with E-state index in [1.54, 1.807) is 18.5 Å². The van der Waals surface area contributed by atoms with Gasteiger partial charge in [-0.2, -0.15) is 0 Å². The Bertz CT molecular complexity index is 599. The number of aromatic nitrogens is 1. The van der Waals surface area contributed by atoms with Gasteiger partial charge in [0, 0.05) is 36.1 Å². The molecule has 1 aromatic carbocycles. The van der Waals surface area contributed by atoms with Gasteiger partial charge in [-0.15, -0.1) is 0 Å². The highest BCUT2D eigenvalue weighted by Gasteiger charge is 2.10. The van der Waals surface area contributed by atoms with Gasteiger partial charge in [-0.3, -0.25) is 4.98 Å². The average molecular weight is 288 g/mol. The summed E-state index contributed by atoms with van der Waals surface area (Å²) in [4.78, 5) is 4.11. The third kappa shape index (κ3) is 4.53. The molecule has 0 saturated carbocycles. The van der Waals surface area contributed by atoms with Crippen molar-refractivity contribution < 1.29 is 9.13 Å². The van der Waals surface area contributed by atoms with Crippen molar-refractivity contribution in [3.05, 3.63) is 59.2 Å². The number of pyridine rings is 1.